The Labute approximate surface area is 573 Å². The number of allylic oxidation sites excluding steroid dienone is 4. The van der Waals surface area contributed by atoms with E-state index in [1.165, 1.54) is 193 Å². The van der Waals surface area contributed by atoms with Crippen molar-refractivity contribution in [3.8, 4) is 0 Å². The van der Waals surface area contributed by atoms with Gasteiger partial charge in [0.25, 0.3) is 0 Å². The van der Waals surface area contributed by atoms with E-state index in [1.807, 2.05) is 0 Å². The minimum atomic E-state index is -4.96. The van der Waals surface area contributed by atoms with Crippen LogP contribution in [0.25, 0.3) is 0 Å². The lowest BCUT2D eigenvalue weighted by molar-refractivity contribution is -0.161. The molecule has 3 N–H and O–H groups in total. The Morgan fingerprint density at radius 2 is 0.511 bits per heavy atom. The van der Waals surface area contributed by atoms with Crippen molar-refractivity contribution < 1.29 is 80.2 Å². The zero-order valence-electron chi connectivity index (χ0n) is 60.4. The maximum atomic E-state index is 13.1. The lowest BCUT2D eigenvalue weighted by Crippen LogP contribution is -2.30. The quantitative estimate of drug-likeness (QED) is 0.0169. The summed E-state index contributed by atoms with van der Waals surface area (Å²) >= 11 is 0. The Kier molecular flexibility index (Phi) is 67.2. The third-order valence-electron chi connectivity index (χ3n) is 17.0. The molecule has 0 saturated carbocycles. The van der Waals surface area contributed by atoms with Gasteiger partial charge < -0.3 is 33.8 Å². The minimum Gasteiger partial charge on any atom is -0.462 e. The molecule has 0 saturated heterocycles. The SMILES string of the molecule is CCCCCC/C=C\C=C/CCCCCCCC(=O)O[C@H](COC(=O)CCCCCCCCCCCCCCCC)COP(=O)(O)OC[C@@H](O)COP(=O)(O)OC[C@@H](COC(=O)CCCCCCCCCCCCC)OC(=O)CCCCCCCCCCCCCCCC. The highest BCUT2D eigenvalue weighted by Crippen LogP contribution is 2.45. The second-order valence-electron chi connectivity index (χ2n) is 26.4. The van der Waals surface area contributed by atoms with Gasteiger partial charge in [0.05, 0.1) is 26.4 Å². The smallest absolute Gasteiger partial charge is 0.462 e. The van der Waals surface area contributed by atoms with Crippen LogP contribution < -0.4 is 0 Å². The second kappa shape index (κ2) is 69.0. The van der Waals surface area contributed by atoms with Crippen LogP contribution in [0.5, 0.6) is 0 Å². The molecule has 0 aliphatic carbocycles. The molecule has 19 heteroatoms. The van der Waals surface area contributed by atoms with E-state index in [9.17, 15) is 43.2 Å². The molecule has 0 aliphatic rings. The Bertz CT molecular complexity index is 1880. The number of aliphatic hydroxyl groups is 1. The summed E-state index contributed by atoms with van der Waals surface area (Å²) in [5, 5.41) is 10.6. The van der Waals surface area contributed by atoms with Crippen molar-refractivity contribution >= 4 is 39.5 Å². The van der Waals surface area contributed by atoms with Crippen molar-refractivity contribution in [1.29, 1.82) is 0 Å². The summed E-state index contributed by atoms with van der Waals surface area (Å²) in [7, 11) is -9.92. The monoisotopic (exact) mass is 1380 g/mol. The third kappa shape index (κ3) is 68.1. The van der Waals surface area contributed by atoms with Gasteiger partial charge in [-0.15, -0.1) is 0 Å². The number of carbonyl (C=O) groups excluding carboxylic acids is 4. The van der Waals surface area contributed by atoms with Crippen molar-refractivity contribution in [3.63, 3.8) is 0 Å². The van der Waals surface area contributed by atoms with Gasteiger partial charge in [0.2, 0.25) is 0 Å². The second-order valence-corrected chi connectivity index (χ2v) is 29.3. The van der Waals surface area contributed by atoms with Crippen molar-refractivity contribution in [2.45, 2.75) is 393 Å². The molecule has 0 aromatic carbocycles. The lowest BCUT2D eigenvalue weighted by Gasteiger charge is -2.21. The van der Waals surface area contributed by atoms with Crippen LogP contribution in [0.4, 0.5) is 0 Å². The van der Waals surface area contributed by atoms with Crippen LogP contribution in [0.1, 0.15) is 374 Å². The van der Waals surface area contributed by atoms with Crippen LogP contribution in [-0.2, 0) is 65.4 Å². The van der Waals surface area contributed by atoms with E-state index in [-0.39, 0.29) is 25.7 Å². The largest absolute Gasteiger partial charge is 0.472 e. The molecule has 5 atom stereocenters. The summed E-state index contributed by atoms with van der Waals surface area (Å²) in [6.07, 6.45) is 61.6. The average Bonchev–Trinajstić information content (AvgIpc) is 1.25. The van der Waals surface area contributed by atoms with Gasteiger partial charge in [-0.2, -0.15) is 0 Å². The molecule has 0 bridgehead atoms. The molecule has 0 amide bonds. The highest BCUT2D eigenvalue weighted by atomic mass is 31.2. The van der Waals surface area contributed by atoms with Crippen molar-refractivity contribution in [2.75, 3.05) is 39.6 Å². The number of unbranched alkanes of at least 4 members (excludes halogenated alkanes) is 45. The minimum absolute atomic E-state index is 0.0860. The Balaban J connectivity index is 5.29. The standard InChI is InChI=1S/C75H142O17P2/c1-5-9-13-17-21-25-29-32-35-38-42-46-50-54-58-62-75(80)92-71(66-86-73(78)60-56-52-48-44-40-36-33-30-26-22-18-14-10-6-2)68-90-94(83,84)88-64-69(76)63-87-93(81,82)89-67-70(65-85-72(77)59-55-51-47-43-39-28-24-20-16-12-8-4)91-74(79)61-57-53-49-45-41-37-34-31-27-23-19-15-11-7-3/h25,29,32,35,69-71,76H,5-24,26-28,30-31,33-34,36-68H2,1-4H3,(H,81,82)(H,83,84)/b29-25-,35-32-/t69-,70+,71+/m0/s1. The van der Waals surface area contributed by atoms with Gasteiger partial charge >= 0.3 is 39.5 Å². The number of phosphoric acid groups is 2. The van der Waals surface area contributed by atoms with Gasteiger partial charge in [-0.3, -0.25) is 37.3 Å². The summed E-state index contributed by atoms with van der Waals surface area (Å²) < 4.78 is 68.5. The first-order chi connectivity index (χ1) is 45.7. The Hall–Kier alpha value is -2.46. The maximum Gasteiger partial charge on any atom is 0.472 e. The molecule has 0 aromatic heterocycles. The van der Waals surface area contributed by atoms with Crippen LogP contribution in [0.15, 0.2) is 24.3 Å². The summed E-state index contributed by atoms with van der Waals surface area (Å²) in [6.45, 7) is 4.92. The number of carbonyl (C=O) groups is 4. The van der Waals surface area contributed by atoms with Gasteiger partial charge in [0, 0.05) is 25.7 Å². The fourth-order valence-corrected chi connectivity index (χ4v) is 12.6. The van der Waals surface area contributed by atoms with Crippen molar-refractivity contribution in [1.82, 2.24) is 0 Å². The first kappa shape index (κ1) is 91.5. The first-order valence-electron chi connectivity index (χ1n) is 38.6. The number of phosphoric ester groups is 2. The molecular formula is C75H142O17P2. The van der Waals surface area contributed by atoms with Crippen LogP contribution in [0, 0.1) is 0 Å². The molecule has 0 fully saturated rings. The zero-order chi connectivity index (χ0) is 69.0. The summed E-state index contributed by atoms with van der Waals surface area (Å²) in [5.74, 6) is -2.14. The predicted octanol–water partition coefficient (Wildman–Crippen LogP) is 21.8. The fourth-order valence-electron chi connectivity index (χ4n) is 11.0. The molecule has 0 aliphatic heterocycles. The number of hydrogen-bond donors (Lipinski definition) is 3. The zero-order valence-corrected chi connectivity index (χ0v) is 62.2. The van der Waals surface area contributed by atoms with E-state index in [0.717, 1.165) is 103 Å². The molecule has 554 valence electrons. The van der Waals surface area contributed by atoms with Crippen LogP contribution >= 0.6 is 15.6 Å². The molecule has 0 heterocycles. The van der Waals surface area contributed by atoms with Crippen molar-refractivity contribution in [2.24, 2.45) is 0 Å². The highest BCUT2D eigenvalue weighted by Gasteiger charge is 2.30. The van der Waals surface area contributed by atoms with E-state index >= 15 is 0 Å². The molecule has 0 radical (unpaired) electrons. The molecule has 0 aromatic rings. The molecule has 2 unspecified atom stereocenters. The third-order valence-corrected chi connectivity index (χ3v) is 18.9. The number of esters is 4. The predicted molar refractivity (Wildman–Crippen MR) is 381 cm³/mol. The molecule has 0 spiro atoms. The van der Waals surface area contributed by atoms with E-state index in [0.29, 0.717) is 25.7 Å². The Morgan fingerprint density at radius 3 is 0.777 bits per heavy atom. The van der Waals surface area contributed by atoms with Gasteiger partial charge in [-0.25, -0.2) is 9.13 Å². The van der Waals surface area contributed by atoms with Crippen LogP contribution in [0.2, 0.25) is 0 Å². The Morgan fingerprint density at radius 1 is 0.298 bits per heavy atom. The summed E-state index contributed by atoms with van der Waals surface area (Å²) in [6, 6.07) is 0. The van der Waals surface area contributed by atoms with Crippen LogP contribution in [0.3, 0.4) is 0 Å². The normalized spacial score (nSPS) is 14.1. The molecular weight excluding hydrogens is 1230 g/mol. The van der Waals surface area contributed by atoms with E-state index in [2.05, 4.69) is 52.0 Å². The number of rotatable bonds is 74. The maximum absolute atomic E-state index is 13.1. The van der Waals surface area contributed by atoms with Crippen LogP contribution in [-0.4, -0.2) is 96.7 Å². The summed E-state index contributed by atoms with van der Waals surface area (Å²) in [5.41, 5.74) is 0. The van der Waals surface area contributed by atoms with E-state index < -0.39 is 97.5 Å². The number of aliphatic hydroxyl groups excluding tert-OH is 1. The average molecular weight is 1380 g/mol. The van der Waals surface area contributed by atoms with Gasteiger partial charge in [0.15, 0.2) is 12.2 Å². The van der Waals surface area contributed by atoms with Gasteiger partial charge in [-0.1, -0.05) is 322 Å². The summed E-state index contributed by atoms with van der Waals surface area (Å²) in [4.78, 5) is 72.8. The molecule has 0 rings (SSSR count). The molecule has 17 nitrogen and oxygen atoms in total. The van der Waals surface area contributed by atoms with E-state index in [4.69, 9.17) is 37.0 Å². The first-order valence-corrected chi connectivity index (χ1v) is 41.6. The molecule has 94 heavy (non-hydrogen) atoms. The highest BCUT2D eigenvalue weighted by molar-refractivity contribution is 7.47. The number of hydrogen-bond acceptors (Lipinski definition) is 15. The van der Waals surface area contributed by atoms with Crippen molar-refractivity contribution in [3.05, 3.63) is 24.3 Å². The fraction of sp³-hybridized carbons (Fsp3) is 0.893. The van der Waals surface area contributed by atoms with Gasteiger partial charge in [-0.05, 0) is 51.4 Å². The topological polar surface area (TPSA) is 237 Å². The lowest BCUT2D eigenvalue weighted by atomic mass is 10.0. The number of ether oxygens (including phenoxy) is 4. The van der Waals surface area contributed by atoms with E-state index in [1.54, 1.807) is 0 Å². The van der Waals surface area contributed by atoms with Gasteiger partial charge in [0.1, 0.15) is 19.3 Å².